The van der Waals surface area contributed by atoms with Crippen LogP contribution in [0.25, 0.3) is 0 Å². The maximum Gasteiger partial charge on any atom is 0.277 e. The minimum atomic E-state index is -3.66. The molecular formula is C13H20N2O3S. The molecule has 0 spiro atoms. The molecule has 1 aliphatic rings. The van der Waals surface area contributed by atoms with Crippen LogP contribution in [-0.4, -0.2) is 26.4 Å². The third kappa shape index (κ3) is 3.46. The summed E-state index contributed by atoms with van der Waals surface area (Å²) >= 11 is 0. The van der Waals surface area contributed by atoms with E-state index >= 15 is 0 Å². The Kier molecular flexibility index (Phi) is 4.44. The molecule has 0 unspecified atom stereocenters. The van der Waals surface area contributed by atoms with E-state index < -0.39 is 10.2 Å². The van der Waals surface area contributed by atoms with Crippen LogP contribution in [0.5, 0.6) is 5.75 Å². The lowest BCUT2D eigenvalue weighted by atomic mass is 10.0. The van der Waals surface area contributed by atoms with Crippen LogP contribution in [0.1, 0.15) is 37.3 Å². The van der Waals surface area contributed by atoms with Gasteiger partial charge in [-0.05, 0) is 30.5 Å². The van der Waals surface area contributed by atoms with Crippen LogP contribution < -0.4 is 9.88 Å². The molecule has 0 saturated carbocycles. The maximum atomic E-state index is 11.7. The summed E-state index contributed by atoms with van der Waals surface area (Å²) < 4.78 is 30.0. The van der Waals surface area contributed by atoms with Crippen molar-refractivity contribution in [2.75, 3.05) is 13.7 Å². The van der Waals surface area contributed by atoms with Gasteiger partial charge in [-0.3, -0.25) is 0 Å². The van der Waals surface area contributed by atoms with Crippen LogP contribution in [-0.2, 0) is 10.2 Å². The summed E-state index contributed by atoms with van der Waals surface area (Å²) in [5.41, 5.74) is 0.969. The Morgan fingerprint density at radius 2 is 1.89 bits per heavy atom. The van der Waals surface area contributed by atoms with Crippen molar-refractivity contribution in [3.63, 3.8) is 0 Å². The molecule has 2 N–H and O–H groups in total. The first kappa shape index (κ1) is 14.3. The summed E-state index contributed by atoms with van der Waals surface area (Å²) in [4.78, 5) is 0. The standard InChI is InChI=1S/C13H20N2O3S/c1-18-12-8-6-11(7-9-12)13-5-3-2-4-10-15(13)19(14,16)17/h6-9,13H,2-5,10H2,1H3,(H2,14,16,17)/t13-/m1/s1. The highest BCUT2D eigenvalue weighted by molar-refractivity contribution is 7.86. The van der Waals surface area contributed by atoms with Gasteiger partial charge in [-0.25, -0.2) is 5.14 Å². The number of nitrogens with zero attached hydrogens (tertiary/aromatic N) is 1. The molecule has 0 radical (unpaired) electrons. The zero-order chi connectivity index (χ0) is 13.9. The first-order chi connectivity index (χ1) is 9.02. The molecule has 0 amide bonds. The highest BCUT2D eigenvalue weighted by atomic mass is 32.2. The van der Waals surface area contributed by atoms with E-state index in [0.717, 1.165) is 37.0 Å². The molecule has 5 nitrogen and oxygen atoms in total. The van der Waals surface area contributed by atoms with Crippen molar-refractivity contribution in [3.05, 3.63) is 29.8 Å². The van der Waals surface area contributed by atoms with Gasteiger partial charge >= 0.3 is 0 Å². The Morgan fingerprint density at radius 1 is 1.21 bits per heavy atom. The van der Waals surface area contributed by atoms with Gasteiger partial charge in [0.25, 0.3) is 10.2 Å². The Balaban J connectivity index is 2.31. The minimum absolute atomic E-state index is 0.164. The zero-order valence-electron chi connectivity index (χ0n) is 11.1. The van der Waals surface area contributed by atoms with Crippen LogP contribution in [0.3, 0.4) is 0 Å². The lowest BCUT2D eigenvalue weighted by Gasteiger charge is -2.27. The van der Waals surface area contributed by atoms with Crippen LogP contribution in [0.4, 0.5) is 0 Å². The van der Waals surface area contributed by atoms with Crippen molar-refractivity contribution >= 4 is 10.2 Å². The molecule has 1 atom stereocenters. The molecular weight excluding hydrogens is 264 g/mol. The Bertz CT molecular complexity index is 513. The summed E-state index contributed by atoms with van der Waals surface area (Å²) in [5.74, 6) is 0.763. The minimum Gasteiger partial charge on any atom is -0.497 e. The summed E-state index contributed by atoms with van der Waals surface area (Å²) in [7, 11) is -2.05. The predicted molar refractivity (Wildman–Crippen MR) is 74.0 cm³/mol. The lowest BCUT2D eigenvalue weighted by molar-refractivity contribution is 0.329. The van der Waals surface area contributed by atoms with Gasteiger partial charge in [0.2, 0.25) is 0 Å². The fraction of sp³-hybridized carbons (Fsp3) is 0.538. The maximum absolute atomic E-state index is 11.7. The predicted octanol–water partition coefficient (Wildman–Crippen LogP) is 1.82. The number of nitrogens with two attached hydrogens (primary N) is 1. The molecule has 0 aromatic heterocycles. The number of hydrogen-bond donors (Lipinski definition) is 1. The SMILES string of the molecule is COc1ccc([C@H]2CCCCCN2S(N)(=O)=O)cc1. The van der Waals surface area contributed by atoms with Crippen LogP contribution >= 0.6 is 0 Å². The molecule has 1 heterocycles. The number of rotatable bonds is 3. The van der Waals surface area contributed by atoms with Gasteiger partial charge < -0.3 is 4.74 Å². The lowest BCUT2D eigenvalue weighted by Crippen LogP contribution is -2.39. The molecule has 1 saturated heterocycles. The highest BCUT2D eigenvalue weighted by Gasteiger charge is 2.29. The molecule has 6 heteroatoms. The average molecular weight is 284 g/mol. The zero-order valence-corrected chi connectivity index (χ0v) is 11.9. The van der Waals surface area contributed by atoms with E-state index in [1.807, 2.05) is 24.3 Å². The van der Waals surface area contributed by atoms with Gasteiger partial charge in [0.15, 0.2) is 0 Å². The second kappa shape index (κ2) is 5.90. The van der Waals surface area contributed by atoms with Crippen LogP contribution in [0.2, 0.25) is 0 Å². The molecule has 1 aliphatic heterocycles. The van der Waals surface area contributed by atoms with Crippen LogP contribution in [0.15, 0.2) is 24.3 Å². The molecule has 1 aromatic rings. The van der Waals surface area contributed by atoms with Gasteiger partial charge in [0.05, 0.1) is 13.2 Å². The van der Waals surface area contributed by atoms with Crippen molar-refractivity contribution in [1.29, 1.82) is 0 Å². The van der Waals surface area contributed by atoms with Crippen LogP contribution in [0, 0.1) is 0 Å². The first-order valence-electron chi connectivity index (χ1n) is 6.46. The largest absolute Gasteiger partial charge is 0.497 e. The van der Waals surface area contributed by atoms with Crippen molar-refractivity contribution in [1.82, 2.24) is 4.31 Å². The third-order valence-electron chi connectivity index (χ3n) is 3.53. The second-order valence-corrected chi connectivity index (χ2v) is 6.29. The van der Waals surface area contributed by atoms with Gasteiger partial charge in [0.1, 0.15) is 5.75 Å². The fourth-order valence-corrected chi connectivity index (χ4v) is 3.51. The van der Waals surface area contributed by atoms with E-state index in [1.165, 1.54) is 4.31 Å². The van der Waals surface area contributed by atoms with Gasteiger partial charge in [-0.1, -0.05) is 25.0 Å². The summed E-state index contributed by atoms with van der Waals surface area (Å²) in [6.07, 6.45) is 3.73. The molecule has 106 valence electrons. The highest BCUT2D eigenvalue weighted by Crippen LogP contribution is 2.32. The monoisotopic (exact) mass is 284 g/mol. The number of ether oxygens (including phenoxy) is 1. The summed E-state index contributed by atoms with van der Waals surface area (Å²) in [6, 6.07) is 7.35. The fourth-order valence-electron chi connectivity index (χ4n) is 2.55. The first-order valence-corrected chi connectivity index (χ1v) is 7.96. The van der Waals surface area contributed by atoms with Crippen molar-refractivity contribution in [3.8, 4) is 5.75 Å². The molecule has 1 aromatic carbocycles. The van der Waals surface area contributed by atoms with Crippen molar-refractivity contribution < 1.29 is 13.2 Å². The summed E-state index contributed by atoms with van der Waals surface area (Å²) in [6.45, 7) is 0.496. The quantitative estimate of drug-likeness (QED) is 0.920. The smallest absolute Gasteiger partial charge is 0.277 e. The van der Waals surface area contributed by atoms with E-state index in [9.17, 15) is 8.42 Å². The number of methoxy groups -OCH3 is 1. The normalized spacial score (nSPS) is 21.9. The van der Waals surface area contributed by atoms with Gasteiger partial charge in [-0.15, -0.1) is 0 Å². The topological polar surface area (TPSA) is 72.6 Å². The van der Waals surface area contributed by atoms with Gasteiger partial charge in [-0.2, -0.15) is 12.7 Å². The average Bonchev–Trinajstić information content (AvgIpc) is 2.64. The van der Waals surface area contributed by atoms with E-state index in [0.29, 0.717) is 6.54 Å². The molecule has 0 aliphatic carbocycles. The molecule has 2 rings (SSSR count). The Hall–Kier alpha value is -1.11. The van der Waals surface area contributed by atoms with E-state index in [4.69, 9.17) is 9.88 Å². The van der Waals surface area contributed by atoms with E-state index in [1.54, 1.807) is 7.11 Å². The Labute approximate surface area is 114 Å². The molecule has 0 bridgehead atoms. The molecule has 19 heavy (non-hydrogen) atoms. The van der Waals surface area contributed by atoms with Crippen molar-refractivity contribution in [2.45, 2.75) is 31.7 Å². The van der Waals surface area contributed by atoms with Gasteiger partial charge in [0, 0.05) is 6.54 Å². The van der Waals surface area contributed by atoms with E-state index in [-0.39, 0.29) is 6.04 Å². The second-order valence-electron chi connectivity index (χ2n) is 4.79. The summed E-state index contributed by atoms with van der Waals surface area (Å²) in [5, 5.41) is 5.34. The van der Waals surface area contributed by atoms with Crippen molar-refractivity contribution in [2.24, 2.45) is 5.14 Å². The number of benzene rings is 1. The number of hydrogen-bond acceptors (Lipinski definition) is 3. The van der Waals surface area contributed by atoms with E-state index in [2.05, 4.69) is 0 Å². The Morgan fingerprint density at radius 3 is 2.47 bits per heavy atom. The molecule has 1 fully saturated rings. The third-order valence-corrected chi connectivity index (χ3v) is 4.62.